The zero-order chi connectivity index (χ0) is 12.9. The Hall–Kier alpha value is -1.10. The molecular weight excluding hydrogens is 220 g/mol. The quantitative estimate of drug-likeness (QED) is 0.637. The third kappa shape index (κ3) is 4.73. The third-order valence-electron chi connectivity index (χ3n) is 3.29. The summed E-state index contributed by atoms with van der Waals surface area (Å²) in [6.45, 7) is 5.67. The largest absolute Gasteiger partial charge is 0.481 e. The Kier molecular flexibility index (Phi) is 4.93. The van der Waals surface area contributed by atoms with Gasteiger partial charge in [-0.1, -0.05) is 0 Å². The van der Waals surface area contributed by atoms with Gasteiger partial charge in [-0.15, -0.1) is 0 Å². The first-order valence-electron chi connectivity index (χ1n) is 6.12. The van der Waals surface area contributed by atoms with Crippen molar-refractivity contribution in [2.24, 2.45) is 11.3 Å². The monoisotopic (exact) mass is 242 g/mol. The van der Waals surface area contributed by atoms with Gasteiger partial charge in [-0.2, -0.15) is 0 Å². The fourth-order valence-corrected chi connectivity index (χ4v) is 1.84. The van der Waals surface area contributed by atoms with Crippen LogP contribution >= 0.6 is 0 Å². The topological polar surface area (TPSA) is 78.4 Å². The smallest absolute Gasteiger partial charge is 0.309 e. The van der Waals surface area contributed by atoms with E-state index < -0.39 is 11.4 Å². The molecule has 1 fully saturated rings. The normalized spacial score (nSPS) is 20.2. The van der Waals surface area contributed by atoms with Gasteiger partial charge in [-0.3, -0.25) is 9.59 Å². The van der Waals surface area contributed by atoms with E-state index in [0.29, 0.717) is 25.3 Å². The van der Waals surface area contributed by atoms with Crippen LogP contribution in [0.25, 0.3) is 0 Å². The summed E-state index contributed by atoms with van der Waals surface area (Å²) in [5.74, 6) is -0.367. The van der Waals surface area contributed by atoms with Crippen LogP contribution in [0, 0.1) is 11.3 Å². The molecule has 0 saturated carbocycles. The summed E-state index contributed by atoms with van der Waals surface area (Å²) in [6.07, 6.45) is 2.05. The Balaban J connectivity index is 2.17. The molecule has 0 aromatic carbocycles. The van der Waals surface area contributed by atoms with Crippen molar-refractivity contribution >= 4 is 11.9 Å². The fourth-order valence-electron chi connectivity index (χ4n) is 1.84. The number of carbonyl (C=O) groups is 2. The summed E-state index contributed by atoms with van der Waals surface area (Å²) < 4.78 is 0. The van der Waals surface area contributed by atoms with E-state index in [0.717, 1.165) is 19.5 Å². The molecule has 0 aliphatic carbocycles. The van der Waals surface area contributed by atoms with Crippen molar-refractivity contribution in [3.63, 3.8) is 0 Å². The van der Waals surface area contributed by atoms with E-state index in [1.165, 1.54) is 0 Å². The van der Waals surface area contributed by atoms with Crippen LogP contribution in [0.2, 0.25) is 0 Å². The molecule has 1 unspecified atom stereocenters. The summed E-state index contributed by atoms with van der Waals surface area (Å²) in [6, 6.07) is 0. The van der Waals surface area contributed by atoms with Crippen molar-refractivity contribution in [3.05, 3.63) is 0 Å². The highest BCUT2D eigenvalue weighted by atomic mass is 16.4. The summed E-state index contributed by atoms with van der Waals surface area (Å²) in [5, 5.41) is 14.9. The second kappa shape index (κ2) is 6.00. The van der Waals surface area contributed by atoms with Crippen LogP contribution in [0.4, 0.5) is 0 Å². The second-order valence-corrected chi connectivity index (χ2v) is 5.35. The molecular formula is C12H22N2O3. The molecule has 3 N–H and O–H groups in total. The molecule has 0 radical (unpaired) electrons. The number of rotatable bonds is 6. The molecule has 1 saturated heterocycles. The van der Waals surface area contributed by atoms with Crippen LogP contribution in [0.1, 0.15) is 33.1 Å². The highest BCUT2D eigenvalue weighted by Crippen LogP contribution is 2.19. The first-order valence-corrected chi connectivity index (χ1v) is 6.12. The van der Waals surface area contributed by atoms with Gasteiger partial charge in [0.05, 0.1) is 5.41 Å². The second-order valence-electron chi connectivity index (χ2n) is 5.35. The fraction of sp³-hybridized carbons (Fsp3) is 0.833. The van der Waals surface area contributed by atoms with Gasteiger partial charge >= 0.3 is 5.97 Å². The number of hydrogen-bond acceptors (Lipinski definition) is 3. The van der Waals surface area contributed by atoms with Gasteiger partial charge in [-0.25, -0.2) is 0 Å². The minimum absolute atomic E-state index is 0.0277. The Morgan fingerprint density at radius 3 is 2.71 bits per heavy atom. The minimum Gasteiger partial charge on any atom is -0.481 e. The minimum atomic E-state index is -0.827. The predicted molar refractivity (Wildman–Crippen MR) is 64.6 cm³/mol. The summed E-state index contributed by atoms with van der Waals surface area (Å²) in [7, 11) is 0. The van der Waals surface area contributed by atoms with Gasteiger partial charge in [0.25, 0.3) is 0 Å². The van der Waals surface area contributed by atoms with Crippen molar-refractivity contribution in [1.29, 1.82) is 0 Å². The zero-order valence-electron chi connectivity index (χ0n) is 10.6. The summed E-state index contributed by atoms with van der Waals surface area (Å²) in [5.41, 5.74) is -0.776. The maximum atomic E-state index is 11.6. The van der Waals surface area contributed by atoms with Crippen molar-refractivity contribution in [1.82, 2.24) is 10.6 Å². The molecule has 5 nitrogen and oxygen atoms in total. The van der Waals surface area contributed by atoms with Crippen molar-refractivity contribution in [2.75, 3.05) is 19.6 Å². The number of amides is 1. The molecule has 1 aliphatic rings. The molecule has 1 rings (SSSR count). The zero-order valence-corrected chi connectivity index (χ0v) is 10.6. The van der Waals surface area contributed by atoms with Gasteiger partial charge < -0.3 is 15.7 Å². The maximum absolute atomic E-state index is 11.6. The van der Waals surface area contributed by atoms with Crippen molar-refractivity contribution in [3.8, 4) is 0 Å². The number of aliphatic carboxylic acids is 1. The molecule has 1 amide bonds. The summed E-state index contributed by atoms with van der Waals surface area (Å²) >= 11 is 0. The van der Waals surface area contributed by atoms with Gasteiger partial charge in [-0.05, 0) is 45.7 Å². The third-order valence-corrected chi connectivity index (χ3v) is 3.29. The molecule has 0 bridgehead atoms. The SMILES string of the molecule is CC(C)(CCNC(=O)CC1CCNC1)C(=O)O. The first-order chi connectivity index (χ1) is 7.92. The number of carbonyl (C=O) groups excluding carboxylic acids is 1. The van der Waals surface area contributed by atoms with Gasteiger partial charge in [0.1, 0.15) is 0 Å². The molecule has 0 spiro atoms. The van der Waals surface area contributed by atoms with E-state index in [1.807, 2.05) is 0 Å². The lowest BCUT2D eigenvalue weighted by Crippen LogP contribution is -2.32. The molecule has 0 aromatic rings. The van der Waals surface area contributed by atoms with Crippen LogP contribution < -0.4 is 10.6 Å². The van der Waals surface area contributed by atoms with Gasteiger partial charge in [0.2, 0.25) is 5.91 Å². The highest BCUT2D eigenvalue weighted by molar-refractivity contribution is 5.76. The molecule has 1 atom stereocenters. The Morgan fingerprint density at radius 1 is 1.47 bits per heavy atom. The number of carboxylic acids is 1. The van der Waals surface area contributed by atoms with Gasteiger partial charge in [0.15, 0.2) is 0 Å². The van der Waals surface area contributed by atoms with Crippen LogP contribution in [0.3, 0.4) is 0 Å². The Bertz CT molecular complexity index is 283. The van der Waals surface area contributed by atoms with Gasteiger partial charge in [0, 0.05) is 13.0 Å². The van der Waals surface area contributed by atoms with E-state index >= 15 is 0 Å². The van der Waals surface area contributed by atoms with E-state index in [9.17, 15) is 9.59 Å². The number of hydrogen-bond donors (Lipinski definition) is 3. The number of carboxylic acid groups (broad SMARTS) is 1. The van der Waals surface area contributed by atoms with Crippen molar-refractivity contribution in [2.45, 2.75) is 33.1 Å². The Labute approximate surface area is 102 Å². The summed E-state index contributed by atoms with van der Waals surface area (Å²) in [4.78, 5) is 22.4. The lowest BCUT2D eigenvalue weighted by atomic mass is 9.89. The molecule has 17 heavy (non-hydrogen) atoms. The lowest BCUT2D eigenvalue weighted by Gasteiger charge is -2.19. The number of nitrogens with one attached hydrogen (secondary N) is 2. The first kappa shape index (κ1) is 14.0. The Morgan fingerprint density at radius 2 is 2.18 bits per heavy atom. The van der Waals surface area contributed by atoms with Crippen LogP contribution in [0.15, 0.2) is 0 Å². The van der Waals surface area contributed by atoms with E-state index in [4.69, 9.17) is 5.11 Å². The molecule has 98 valence electrons. The molecule has 0 aromatic heterocycles. The highest BCUT2D eigenvalue weighted by Gasteiger charge is 2.26. The molecule has 5 heteroatoms. The van der Waals surface area contributed by atoms with Crippen LogP contribution in [-0.2, 0) is 9.59 Å². The lowest BCUT2D eigenvalue weighted by molar-refractivity contribution is -0.147. The maximum Gasteiger partial charge on any atom is 0.309 e. The average Bonchev–Trinajstić information content (AvgIpc) is 2.69. The van der Waals surface area contributed by atoms with Crippen LogP contribution in [-0.4, -0.2) is 36.6 Å². The van der Waals surface area contributed by atoms with E-state index in [1.54, 1.807) is 13.8 Å². The molecule has 1 aliphatic heterocycles. The standard InChI is InChI=1S/C12H22N2O3/c1-12(2,11(16)17)4-6-14-10(15)7-9-3-5-13-8-9/h9,13H,3-8H2,1-2H3,(H,14,15)(H,16,17). The predicted octanol–water partition coefficient (Wildman–Crippen LogP) is 0.603. The van der Waals surface area contributed by atoms with E-state index in [-0.39, 0.29) is 5.91 Å². The van der Waals surface area contributed by atoms with Crippen molar-refractivity contribution < 1.29 is 14.7 Å². The van der Waals surface area contributed by atoms with Crippen LogP contribution in [0.5, 0.6) is 0 Å². The average molecular weight is 242 g/mol. The van der Waals surface area contributed by atoms with E-state index in [2.05, 4.69) is 10.6 Å². The molecule has 1 heterocycles.